The summed E-state index contributed by atoms with van der Waals surface area (Å²) in [5.41, 5.74) is 7.07. The van der Waals surface area contributed by atoms with Gasteiger partial charge in [0, 0.05) is 11.8 Å². The van der Waals surface area contributed by atoms with E-state index in [-0.39, 0.29) is 11.7 Å². The van der Waals surface area contributed by atoms with Gasteiger partial charge < -0.3 is 15.6 Å². The number of hydrogen-bond donors (Lipinski definition) is 2. The molecule has 2 aromatic rings. The molecular formula is C16H17FN4O4. The number of benzene rings is 1. The van der Waals surface area contributed by atoms with Crippen LogP contribution >= 0.6 is 0 Å². The maximum absolute atomic E-state index is 14.2. The van der Waals surface area contributed by atoms with E-state index >= 15 is 0 Å². The van der Waals surface area contributed by atoms with Gasteiger partial charge in [0.2, 0.25) is 5.91 Å². The number of nitrogens with zero attached hydrogens (tertiary/aromatic N) is 3. The fourth-order valence-corrected chi connectivity index (χ4v) is 2.74. The molecule has 1 aliphatic heterocycles. The molecule has 3 rings (SSSR count). The number of halogens is 1. The van der Waals surface area contributed by atoms with Gasteiger partial charge in [0.15, 0.2) is 0 Å². The number of carbonyl (C=O) groups excluding carboxylic acids is 2. The monoisotopic (exact) mass is 348 g/mol. The number of amides is 2. The zero-order valence-corrected chi connectivity index (χ0v) is 13.4. The van der Waals surface area contributed by atoms with Crippen LogP contribution in [-0.2, 0) is 16.1 Å². The highest BCUT2D eigenvalue weighted by molar-refractivity contribution is 5.79. The average molecular weight is 348 g/mol. The summed E-state index contributed by atoms with van der Waals surface area (Å²) < 4.78 is 20.7. The van der Waals surface area contributed by atoms with E-state index in [2.05, 4.69) is 5.10 Å². The van der Waals surface area contributed by atoms with Gasteiger partial charge in [0.25, 0.3) is 0 Å². The first kappa shape index (κ1) is 16.9. The molecule has 0 aliphatic carbocycles. The largest absolute Gasteiger partial charge is 0.441 e. The molecule has 0 bridgehead atoms. The topological polar surface area (TPSA) is 111 Å². The Labute approximate surface area is 142 Å². The van der Waals surface area contributed by atoms with Crippen LogP contribution in [-0.4, -0.2) is 38.1 Å². The summed E-state index contributed by atoms with van der Waals surface area (Å²) in [5.74, 6) is -1.52. The van der Waals surface area contributed by atoms with Crippen molar-refractivity contribution in [2.75, 3.05) is 0 Å². The van der Waals surface area contributed by atoms with E-state index in [0.29, 0.717) is 16.8 Å². The number of hydrogen-bond acceptors (Lipinski definition) is 5. The van der Waals surface area contributed by atoms with Gasteiger partial charge in [-0.2, -0.15) is 5.10 Å². The van der Waals surface area contributed by atoms with Crippen molar-refractivity contribution in [2.45, 2.75) is 25.7 Å². The van der Waals surface area contributed by atoms with Gasteiger partial charge >= 0.3 is 6.09 Å². The minimum Gasteiger partial charge on any atom is -0.441 e. The van der Waals surface area contributed by atoms with E-state index in [1.807, 2.05) is 0 Å². The molecule has 132 valence electrons. The minimum absolute atomic E-state index is 0.0309. The Kier molecular flexibility index (Phi) is 4.41. The number of aromatic nitrogens is 2. The lowest BCUT2D eigenvalue weighted by molar-refractivity contribution is -0.124. The standard InChI is InChI=1S/C16H17FN4O4/c1-9(15(18)23)14-13(21(17)16(24)25-14)11-2-4-12(5-3-11)20-7-10(8-22)6-19-20/h2-7,9,13-14,22H,8H2,1H3,(H2,18,23). The van der Waals surface area contributed by atoms with Crippen LogP contribution in [0.3, 0.4) is 0 Å². The Morgan fingerprint density at radius 2 is 2.12 bits per heavy atom. The van der Waals surface area contributed by atoms with E-state index in [9.17, 15) is 14.1 Å². The van der Waals surface area contributed by atoms with Gasteiger partial charge in [-0.25, -0.2) is 9.48 Å². The SMILES string of the molecule is CC(C(N)=O)C1OC(=O)N(F)C1c1ccc(-n2cc(CO)cn2)cc1. The van der Waals surface area contributed by atoms with Crippen LogP contribution < -0.4 is 5.73 Å². The number of rotatable bonds is 5. The summed E-state index contributed by atoms with van der Waals surface area (Å²) >= 11 is 0. The van der Waals surface area contributed by atoms with Crippen LogP contribution in [0.15, 0.2) is 36.7 Å². The second-order valence-corrected chi connectivity index (χ2v) is 5.84. The molecular weight excluding hydrogens is 331 g/mol. The molecule has 3 N–H and O–H groups in total. The summed E-state index contributed by atoms with van der Waals surface area (Å²) in [6.07, 6.45) is 1.04. The van der Waals surface area contributed by atoms with Gasteiger partial charge in [-0.3, -0.25) is 4.79 Å². The predicted molar refractivity (Wildman–Crippen MR) is 83.8 cm³/mol. The maximum atomic E-state index is 14.2. The van der Waals surface area contributed by atoms with Crippen LogP contribution in [0.4, 0.5) is 9.28 Å². The number of aliphatic hydroxyl groups is 1. The molecule has 0 saturated carbocycles. The third-order valence-corrected chi connectivity index (χ3v) is 4.23. The molecule has 1 aromatic carbocycles. The third kappa shape index (κ3) is 3.05. The fourth-order valence-electron chi connectivity index (χ4n) is 2.74. The van der Waals surface area contributed by atoms with Crippen molar-refractivity contribution in [1.82, 2.24) is 14.9 Å². The number of ether oxygens (including phenoxy) is 1. The zero-order valence-electron chi connectivity index (χ0n) is 13.4. The van der Waals surface area contributed by atoms with Crippen molar-refractivity contribution < 1.29 is 23.9 Å². The first-order chi connectivity index (χ1) is 11.9. The Morgan fingerprint density at radius 3 is 2.68 bits per heavy atom. The Morgan fingerprint density at radius 1 is 1.44 bits per heavy atom. The predicted octanol–water partition coefficient (Wildman–Crippen LogP) is 1.23. The molecule has 25 heavy (non-hydrogen) atoms. The van der Waals surface area contributed by atoms with E-state index in [1.54, 1.807) is 35.1 Å². The van der Waals surface area contributed by atoms with E-state index < -0.39 is 30.1 Å². The Bertz CT molecular complexity index is 792. The molecule has 2 amide bonds. The normalized spacial score (nSPS) is 21.2. The first-order valence-corrected chi connectivity index (χ1v) is 7.62. The first-order valence-electron chi connectivity index (χ1n) is 7.62. The summed E-state index contributed by atoms with van der Waals surface area (Å²) in [5, 5.41) is 13.2. The molecule has 1 aliphatic rings. The number of primary amides is 1. The van der Waals surface area contributed by atoms with Gasteiger partial charge in [-0.05, 0) is 24.6 Å². The molecule has 3 atom stereocenters. The van der Waals surface area contributed by atoms with Gasteiger partial charge in [0.05, 0.1) is 24.4 Å². The van der Waals surface area contributed by atoms with Crippen molar-refractivity contribution in [3.05, 3.63) is 47.8 Å². The van der Waals surface area contributed by atoms with E-state index in [0.717, 1.165) is 0 Å². The number of nitrogens with two attached hydrogens (primary N) is 1. The van der Waals surface area contributed by atoms with Crippen LogP contribution in [0.25, 0.3) is 5.69 Å². The summed E-state index contributed by atoms with van der Waals surface area (Å²) in [6.45, 7) is 1.37. The van der Waals surface area contributed by atoms with Crippen LogP contribution in [0, 0.1) is 5.92 Å². The quantitative estimate of drug-likeness (QED) is 0.790. The lowest BCUT2D eigenvalue weighted by Crippen LogP contribution is -2.35. The second kappa shape index (κ2) is 6.52. The molecule has 1 aromatic heterocycles. The van der Waals surface area contributed by atoms with Crippen LogP contribution in [0.2, 0.25) is 0 Å². The second-order valence-electron chi connectivity index (χ2n) is 5.84. The molecule has 2 heterocycles. The van der Waals surface area contributed by atoms with Crippen molar-refractivity contribution in [2.24, 2.45) is 11.7 Å². The third-order valence-electron chi connectivity index (χ3n) is 4.23. The van der Waals surface area contributed by atoms with Gasteiger partial charge in [-0.15, -0.1) is 5.12 Å². The average Bonchev–Trinajstić information content (AvgIpc) is 3.20. The minimum atomic E-state index is -1.15. The molecule has 0 spiro atoms. The van der Waals surface area contributed by atoms with Crippen LogP contribution in [0.5, 0.6) is 0 Å². The lowest BCUT2D eigenvalue weighted by atomic mass is 9.92. The highest BCUT2D eigenvalue weighted by Crippen LogP contribution is 2.37. The smallest absolute Gasteiger partial charge is 0.439 e. The molecule has 9 heteroatoms. The number of aliphatic hydroxyl groups excluding tert-OH is 1. The summed E-state index contributed by atoms with van der Waals surface area (Å²) in [4.78, 5) is 23.0. The maximum Gasteiger partial charge on any atom is 0.439 e. The van der Waals surface area contributed by atoms with Crippen molar-refractivity contribution in [3.63, 3.8) is 0 Å². The summed E-state index contributed by atoms with van der Waals surface area (Å²) in [6, 6.07) is 5.55. The van der Waals surface area contributed by atoms with Crippen molar-refractivity contribution >= 4 is 12.0 Å². The highest BCUT2D eigenvalue weighted by Gasteiger charge is 2.47. The Hall–Kier alpha value is -2.94. The van der Waals surface area contributed by atoms with Crippen molar-refractivity contribution in [3.8, 4) is 5.69 Å². The molecule has 8 nitrogen and oxygen atoms in total. The fraction of sp³-hybridized carbons (Fsp3) is 0.312. The molecule has 0 radical (unpaired) electrons. The molecule has 1 saturated heterocycles. The van der Waals surface area contributed by atoms with Crippen molar-refractivity contribution in [1.29, 1.82) is 0 Å². The van der Waals surface area contributed by atoms with Gasteiger partial charge in [-0.1, -0.05) is 16.6 Å². The number of carbonyl (C=O) groups is 2. The summed E-state index contributed by atoms with van der Waals surface area (Å²) in [7, 11) is 0. The van der Waals surface area contributed by atoms with Crippen LogP contribution in [0.1, 0.15) is 24.1 Å². The highest BCUT2D eigenvalue weighted by atomic mass is 19.2. The van der Waals surface area contributed by atoms with E-state index in [4.69, 9.17) is 15.6 Å². The van der Waals surface area contributed by atoms with Gasteiger partial charge in [0.1, 0.15) is 12.1 Å². The molecule has 1 fully saturated rings. The molecule has 3 unspecified atom stereocenters. The zero-order chi connectivity index (χ0) is 18.1. The number of cyclic esters (lactones) is 1. The lowest BCUT2D eigenvalue weighted by Gasteiger charge is -2.22. The van der Waals surface area contributed by atoms with E-state index in [1.165, 1.54) is 13.1 Å². The Balaban J connectivity index is 1.89.